The fourth-order valence-electron chi connectivity index (χ4n) is 6.22. The van der Waals surface area contributed by atoms with Gasteiger partial charge in [-0.05, 0) is 89.9 Å². The number of aliphatic carboxylic acids is 1. The van der Waals surface area contributed by atoms with E-state index in [4.69, 9.17) is 18.9 Å². The van der Waals surface area contributed by atoms with E-state index in [9.17, 15) is 19.5 Å². The van der Waals surface area contributed by atoms with Crippen LogP contribution in [0.3, 0.4) is 0 Å². The number of hydrogen-bond acceptors (Lipinski definition) is 8. The zero-order valence-electron chi connectivity index (χ0n) is 41.1. The number of unbranched alkanes of at least 4 members (excludes halogenated alkanes) is 13. The molecule has 0 aliphatic carbocycles. The van der Waals surface area contributed by atoms with Gasteiger partial charge >= 0.3 is 11.9 Å². The summed E-state index contributed by atoms with van der Waals surface area (Å²) in [6, 6.07) is 0. The lowest BCUT2D eigenvalue weighted by atomic mass is 10.1. The van der Waals surface area contributed by atoms with Crippen molar-refractivity contribution in [3.8, 4) is 0 Å². The maximum Gasteiger partial charge on any atom is 0.306 e. The van der Waals surface area contributed by atoms with E-state index in [2.05, 4.69) is 111 Å². The minimum Gasteiger partial charge on any atom is -0.545 e. The van der Waals surface area contributed by atoms with Crippen molar-refractivity contribution in [2.75, 3.05) is 47.5 Å². The highest BCUT2D eigenvalue weighted by Crippen LogP contribution is 2.13. The van der Waals surface area contributed by atoms with Crippen molar-refractivity contribution in [2.24, 2.45) is 0 Å². The van der Waals surface area contributed by atoms with Crippen LogP contribution >= 0.6 is 0 Å². The Hall–Kier alpha value is -3.79. The molecular weight excluding hydrogens is 803 g/mol. The molecule has 0 saturated carbocycles. The summed E-state index contributed by atoms with van der Waals surface area (Å²) in [6.07, 6.45) is 57.4. The molecule has 0 aliphatic rings. The Labute approximate surface area is 391 Å². The molecule has 9 nitrogen and oxygen atoms in total. The van der Waals surface area contributed by atoms with E-state index < -0.39 is 24.3 Å². The average Bonchev–Trinajstić information content (AvgIpc) is 3.26. The lowest BCUT2D eigenvalue weighted by Gasteiger charge is -2.26. The number of carboxylic acids is 1. The molecular formula is C55H91NO8. The standard InChI is InChI=1S/C55H91NO8/c1-6-8-10-12-14-16-18-19-20-21-22-23-24-25-26-27-28-29-30-31-32-33-34-35-36-38-40-42-44-46-53(58)64-51(50-63-55(54(59)60)61-48-47-56(3,4)5)49-62-52(57)45-43-41-39-37-17-15-13-11-9-7-2/h8,10-11,13-14,16,19-20,22-23,25-26,28-29,31-32,51,55H,6-7,9,12,15,17-18,21,24,27,30,33-50H2,1-5H3/b10-8-,13-11-,16-14-,20-19-,23-22-,26-25-,29-28-,32-31-. The summed E-state index contributed by atoms with van der Waals surface area (Å²) in [5.74, 6) is -2.33. The van der Waals surface area contributed by atoms with Crippen LogP contribution in [0.2, 0.25) is 0 Å². The predicted molar refractivity (Wildman–Crippen MR) is 264 cm³/mol. The molecule has 9 heteroatoms. The number of carboxylic acid groups (broad SMARTS) is 1. The molecule has 364 valence electrons. The largest absolute Gasteiger partial charge is 0.545 e. The van der Waals surface area contributed by atoms with E-state index in [0.717, 1.165) is 116 Å². The van der Waals surface area contributed by atoms with Gasteiger partial charge in [0, 0.05) is 12.8 Å². The highest BCUT2D eigenvalue weighted by atomic mass is 16.7. The summed E-state index contributed by atoms with van der Waals surface area (Å²) in [5.41, 5.74) is 0. The van der Waals surface area contributed by atoms with Gasteiger partial charge in [0.1, 0.15) is 13.2 Å². The molecule has 0 saturated heterocycles. The molecule has 64 heavy (non-hydrogen) atoms. The Kier molecular flexibility index (Phi) is 43.1. The first-order valence-corrected chi connectivity index (χ1v) is 24.9. The number of allylic oxidation sites excluding steroid dienone is 16. The van der Waals surface area contributed by atoms with E-state index in [1.807, 2.05) is 21.1 Å². The van der Waals surface area contributed by atoms with Crippen LogP contribution in [0.4, 0.5) is 0 Å². The van der Waals surface area contributed by atoms with E-state index in [1.165, 1.54) is 25.7 Å². The summed E-state index contributed by atoms with van der Waals surface area (Å²) < 4.78 is 22.5. The molecule has 0 aliphatic heterocycles. The number of carbonyl (C=O) groups excluding carboxylic acids is 3. The molecule has 0 aromatic rings. The summed E-state index contributed by atoms with van der Waals surface area (Å²) in [4.78, 5) is 37.0. The molecule has 2 atom stereocenters. The molecule has 0 amide bonds. The first-order chi connectivity index (χ1) is 31.1. The molecule has 0 N–H and O–H groups in total. The second kappa shape index (κ2) is 45.8. The Morgan fingerprint density at radius 2 is 0.891 bits per heavy atom. The maximum atomic E-state index is 12.8. The van der Waals surface area contributed by atoms with Crippen LogP contribution in [-0.2, 0) is 33.3 Å². The number of quaternary nitrogens is 1. The predicted octanol–water partition coefficient (Wildman–Crippen LogP) is 12.5. The molecule has 0 heterocycles. The zero-order chi connectivity index (χ0) is 47.0. The van der Waals surface area contributed by atoms with Crippen LogP contribution in [0.1, 0.15) is 174 Å². The lowest BCUT2D eigenvalue weighted by Crippen LogP contribution is -2.44. The molecule has 0 rings (SSSR count). The smallest absolute Gasteiger partial charge is 0.306 e. The minimum absolute atomic E-state index is 0.139. The summed E-state index contributed by atoms with van der Waals surface area (Å²) >= 11 is 0. The SMILES string of the molecule is CC/C=C\C/C=C\C/C=C\C/C=C\C/C=C\C/C=C\C/C=C\CCCCCCCCCC(=O)OC(COC(=O)CCCCCCC/C=C\CCC)COC(OCC[N+](C)(C)C)C(=O)[O-]. The van der Waals surface area contributed by atoms with Gasteiger partial charge in [-0.2, -0.15) is 0 Å². The summed E-state index contributed by atoms with van der Waals surface area (Å²) in [5, 5.41) is 11.7. The van der Waals surface area contributed by atoms with Gasteiger partial charge in [-0.25, -0.2) is 0 Å². The van der Waals surface area contributed by atoms with Gasteiger partial charge in [-0.1, -0.05) is 169 Å². The number of rotatable bonds is 44. The third kappa shape index (κ3) is 46.2. The van der Waals surface area contributed by atoms with Crippen molar-refractivity contribution < 1.29 is 42.9 Å². The monoisotopic (exact) mass is 894 g/mol. The van der Waals surface area contributed by atoms with Crippen molar-refractivity contribution in [3.63, 3.8) is 0 Å². The highest BCUT2D eigenvalue weighted by Gasteiger charge is 2.21. The van der Waals surface area contributed by atoms with Crippen LogP contribution in [0.25, 0.3) is 0 Å². The van der Waals surface area contributed by atoms with Gasteiger partial charge in [-0.15, -0.1) is 0 Å². The van der Waals surface area contributed by atoms with Crippen molar-refractivity contribution in [3.05, 3.63) is 97.2 Å². The number of esters is 2. The van der Waals surface area contributed by atoms with E-state index in [-0.39, 0.29) is 38.6 Å². The quantitative estimate of drug-likeness (QED) is 0.0195. The Morgan fingerprint density at radius 3 is 1.34 bits per heavy atom. The molecule has 0 fully saturated rings. The first-order valence-electron chi connectivity index (χ1n) is 24.9. The van der Waals surface area contributed by atoms with Gasteiger partial charge < -0.3 is 33.3 Å². The molecule has 0 radical (unpaired) electrons. The Balaban J connectivity index is 4.30. The lowest BCUT2D eigenvalue weighted by molar-refractivity contribution is -0.870. The number of carbonyl (C=O) groups is 3. The average molecular weight is 894 g/mol. The van der Waals surface area contributed by atoms with Gasteiger partial charge in [0.05, 0.1) is 40.3 Å². The number of nitrogens with zero attached hydrogens (tertiary/aromatic N) is 1. The molecule has 0 spiro atoms. The normalized spacial score (nSPS) is 13.7. The zero-order valence-corrected chi connectivity index (χ0v) is 41.1. The molecule has 0 aromatic heterocycles. The molecule has 2 unspecified atom stereocenters. The second-order valence-corrected chi connectivity index (χ2v) is 17.4. The third-order valence-electron chi connectivity index (χ3n) is 10.0. The Bertz CT molecular complexity index is 1370. The Morgan fingerprint density at radius 1 is 0.484 bits per heavy atom. The van der Waals surface area contributed by atoms with E-state index in [1.54, 1.807) is 0 Å². The summed E-state index contributed by atoms with van der Waals surface area (Å²) in [7, 11) is 5.89. The van der Waals surface area contributed by atoms with Crippen LogP contribution in [0, 0.1) is 0 Å². The third-order valence-corrected chi connectivity index (χ3v) is 10.0. The number of ether oxygens (including phenoxy) is 4. The van der Waals surface area contributed by atoms with Gasteiger partial charge in [-0.3, -0.25) is 9.59 Å². The van der Waals surface area contributed by atoms with Crippen molar-refractivity contribution >= 4 is 17.9 Å². The van der Waals surface area contributed by atoms with Crippen molar-refractivity contribution in [1.29, 1.82) is 0 Å². The topological polar surface area (TPSA) is 111 Å². The van der Waals surface area contributed by atoms with E-state index >= 15 is 0 Å². The second-order valence-electron chi connectivity index (χ2n) is 17.4. The minimum atomic E-state index is -1.63. The maximum absolute atomic E-state index is 12.8. The van der Waals surface area contributed by atoms with Gasteiger partial charge in [0.2, 0.25) is 0 Å². The fraction of sp³-hybridized carbons (Fsp3) is 0.655. The van der Waals surface area contributed by atoms with Crippen LogP contribution < -0.4 is 5.11 Å². The molecule has 0 aromatic carbocycles. The number of likely N-dealkylation sites (N-methyl/N-ethyl adjacent to an activating group) is 1. The van der Waals surface area contributed by atoms with E-state index in [0.29, 0.717) is 17.4 Å². The fourth-order valence-corrected chi connectivity index (χ4v) is 6.22. The first kappa shape index (κ1) is 60.2. The molecule has 0 bridgehead atoms. The van der Waals surface area contributed by atoms with Crippen LogP contribution in [-0.4, -0.2) is 82.3 Å². The van der Waals surface area contributed by atoms with Crippen LogP contribution in [0.5, 0.6) is 0 Å². The van der Waals surface area contributed by atoms with Crippen molar-refractivity contribution in [2.45, 2.75) is 187 Å². The van der Waals surface area contributed by atoms with Crippen LogP contribution in [0.15, 0.2) is 97.2 Å². The van der Waals surface area contributed by atoms with Gasteiger partial charge in [0.15, 0.2) is 12.4 Å². The van der Waals surface area contributed by atoms with Crippen molar-refractivity contribution in [1.82, 2.24) is 0 Å². The summed E-state index contributed by atoms with van der Waals surface area (Å²) in [6.45, 7) is 4.51. The highest BCUT2D eigenvalue weighted by molar-refractivity contribution is 5.70. The van der Waals surface area contributed by atoms with Gasteiger partial charge in [0.25, 0.3) is 0 Å². The number of hydrogen-bond donors (Lipinski definition) is 0.